The molecule has 0 amide bonds. The largest absolute Gasteiger partial charge is 0.389 e. The van der Waals surface area contributed by atoms with Gasteiger partial charge in [-0.25, -0.2) is 4.79 Å². The number of carbonyl (C=O) groups excluding carboxylic acids is 2. The van der Waals surface area contributed by atoms with Crippen molar-refractivity contribution in [3.8, 4) is 0 Å². The van der Waals surface area contributed by atoms with Crippen molar-refractivity contribution in [1.29, 1.82) is 0 Å². The highest BCUT2D eigenvalue weighted by Gasteiger charge is 2.28. The minimum absolute atomic E-state index is 0.0406. The minimum atomic E-state index is -0.620. The maximum Gasteiger partial charge on any atom is 0.345 e. The first-order valence-electron chi connectivity index (χ1n) is 7.60. The van der Waals surface area contributed by atoms with Crippen molar-refractivity contribution in [2.45, 2.75) is 27.2 Å². The molecule has 0 aliphatic rings. The van der Waals surface area contributed by atoms with E-state index in [0.29, 0.717) is 12.2 Å². The zero-order chi connectivity index (χ0) is 16.4. The van der Waals surface area contributed by atoms with Gasteiger partial charge >= 0.3 is 11.9 Å². The van der Waals surface area contributed by atoms with Crippen molar-refractivity contribution in [3.63, 3.8) is 0 Å². The number of esters is 2. The molecule has 0 unspecified atom stereocenters. The molecule has 0 saturated heterocycles. The molecule has 1 aromatic rings. The lowest BCUT2D eigenvalue weighted by Crippen LogP contribution is -2.30. The second kappa shape index (κ2) is 9.90. The van der Waals surface area contributed by atoms with E-state index in [1.54, 1.807) is 30.3 Å². The highest BCUT2D eigenvalue weighted by molar-refractivity contribution is 5.97. The van der Waals surface area contributed by atoms with Crippen LogP contribution in [0.3, 0.4) is 0 Å². The van der Waals surface area contributed by atoms with E-state index in [-0.39, 0.29) is 12.5 Å². The van der Waals surface area contributed by atoms with E-state index < -0.39 is 17.9 Å². The fraction of sp³-hybridized carbons (Fsp3) is 0.444. The van der Waals surface area contributed by atoms with Crippen LogP contribution in [0.15, 0.2) is 42.5 Å². The van der Waals surface area contributed by atoms with Gasteiger partial charge in [0.05, 0.1) is 18.1 Å². The Morgan fingerprint density at radius 1 is 1.23 bits per heavy atom. The van der Waals surface area contributed by atoms with Crippen molar-refractivity contribution in [2.75, 3.05) is 13.2 Å². The lowest BCUT2D eigenvalue weighted by molar-refractivity contribution is -0.146. The molecular formula is C18H24O4. The molecule has 0 aliphatic carbocycles. The summed E-state index contributed by atoms with van der Waals surface area (Å²) >= 11 is 0. The first-order chi connectivity index (χ1) is 10.6. The molecule has 0 N–H and O–H groups in total. The monoisotopic (exact) mass is 304 g/mol. The van der Waals surface area contributed by atoms with Gasteiger partial charge in [0.2, 0.25) is 0 Å². The number of ether oxygens (including phenoxy) is 2. The van der Waals surface area contributed by atoms with Gasteiger partial charge in [-0.3, -0.25) is 4.79 Å². The average Bonchev–Trinajstić information content (AvgIpc) is 2.54. The van der Waals surface area contributed by atoms with Crippen LogP contribution in [0.4, 0.5) is 0 Å². The van der Waals surface area contributed by atoms with Crippen molar-refractivity contribution in [1.82, 2.24) is 0 Å². The Kier molecular flexibility index (Phi) is 8.15. The molecule has 22 heavy (non-hydrogen) atoms. The van der Waals surface area contributed by atoms with E-state index in [1.165, 1.54) is 0 Å². The third-order valence-electron chi connectivity index (χ3n) is 3.44. The number of benzene rings is 1. The van der Waals surface area contributed by atoms with Gasteiger partial charge in [0.1, 0.15) is 0 Å². The predicted octanol–water partition coefficient (Wildman–Crippen LogP) is 3.63. The van der Waals surface area contributed by atoms with E-state index in [0.717, 1.165) is 6.42 Å². The zero-order valence-electron chi connectivity index (χ0n) is 13.5. The van der Waals surface area contributed by atoms with E-state index in [4.69, 9.17) is 9.47 Å². The molecule has 0 fully saturated rings. The summed E-state index contributed by atoms with van der Waals surface area (Å²) in [7, 11) is 0. The van der Waals surface area contributed by atoms with Crippen molar-refractivity contribution in [2.24, 2.45) is 11.8 Å². The lowest BCUT2D eigenvalue weighted by atomic mass is 9.91. The molecule has 0 bridgehead atoms. The maximum atomic E-state index is 12.3. The summed E-state index contributed by atoms with van der Waals surface area (Å²) in [6.45, 7) is 6.54. The third kappa shape index (κ3) is 5.82. The summed E-state index contributed by atoms with van der Waals surface area (Å²) < 4.78 is 10.4. The Hall–Kier alpha value is -1.94. The quantitative estimate of drug-likeness (QED) is 0.418. The molecule has 0 aromatic heterocycles. The number of hydrogen-bond donors (Lipinski definition) is 0. The first-order valence-corrected chi connectivity index (χ1v) is 7.60. The SMILES string of the molecule is C/C=C/C[C@@H](C)[C@H](COCC)C(=O)OC(=O)c1ccccc1. The Morgan fingerprint density at radius 2 is 1.91 bits per heavy atom. The highest BCUT2D eigenvalue weighted by atomic mass is 16.6. The number of carbonyl (C=O) groups is 2. The lowest BCUT2D eigenvalue weighted by Gasteiger charge is -2.20. The topological polar surface area (TPSA) is 52.6 Å². The van der Waals surface area contributed by atoms with Crippen LogP contribution in [0.5, 0.6) is 0 Å². The Morgan fingerprint density at radius 3 is 2.50 bits per heavy atom. The van der Waals surface area contributed by atoms with Crippen LogP contribution in [0.1, 0.15) is 37.6 Å². The summed E-state index contributed by atoms with van der Waals surface area (Å²) in [4.78, 5) is 24.3. The van der Waals surface area contributed by atoms with Crippen molar-refractivity contribution < 1.29 is 19.1 Å². The van der Waals surface area contributed by atoms with Gasteiger partial charge in [-0.15, -0.1) is 0 Å². The maximum absolute atomic E-state index is 12.3. The van der Waals surface area contributed by atoms with Crippen LogP contribution < -0.4 is 0 Å². The highest BCUT2D eigenvalue weighted by Crippen LogP contribution is 2.19. The van der Waals surface area contributed by atoms with Crippen molar-refractivity contribution in [3.05, 3.63) is 48.0 Å². The minimum Gasteiger partial charge on any atom is -0.389 e. The van der Waals surface area contributed by atoms with Crippen LogP contribution in [-0.4, -0.2) is 25.2 Å². The van der Waals surface area contributed by atoms with Crippen molar-refractivity contribution >= 4 is 11.9 Å². The second-order valence-corrected chi connectivity index (χ2v) is 5.12. The fourth-order valence-corrected chi connectivity index (χ4v) is 2.02. The van der Waals surface area contributed by atoms with Gasteiger partial charge in [-0.05, 0) is 38.3 Å². The molecule has 0 aliphatic heterocycles. The predicted molar refractivity (Wildman–Crippen MR) is 85.4 cm³/mol. The first kappa shape index (κ1) is 18.1. The molecule has 1 rings (SSSR count). The van der Waals surface area contributed by atoms with Crippen LogP contribution in [0.25, 0.3) is 0 Å². The fourth-order valence-electron chi connectivity index (χ4n) is 2.02. The Balaban J connectivity index is 2.72. The molecule has 4 nitrogen and oxygen atoms in total. The molecular weight excluding hydrogens is 280 g/mol. The van der Waals surface area contributed by atoms with Crippen LogP contribution >= 0.6 is 0 Å². The molecule has 1 aromatic carbocycles. The Labute approximate surface area is 132 Å². The van der Waals surface area contributed by atoms with E-state index in [2.05, 4.69) is 0 Å². The third-order valence-corrected chi connectivity index (χ3v) is 3.44. The van der Waals surface area contributed by atoms with Gasteiger partial charge in [-0.2, -0.15) is 0 Å². The normalized spacial score (nSPS) is 13.8. The molecule has 120 valence electrons. The molecule has 4 heteroatoms. The van der Waals surface area contributed by atoms with E-state index in [1.807, 2.05) is 32.9 Å². The number of rotatable bonds is 8. The molecule has 0 spiro atoms. The summed E-state index contributed by atoms with van der Waals surface area (Å²) in [5.74, 6) is -1.56. The van der Waals surface area contributed by atoms with Crippen LogP contribution in [-0.2, 0) is 14.3 Å². The summed E-state index contributed by atoms with van der Waals surface area (Å²) in [5, 5.41) is 0. The van der Waals surface area contributed by atoms with Gasteiger partial charge < -0.3 is 9.47 Å². The number of hydrogen-bond acceptors (Lipinski definition) is 4. The van der Waals surface area contributed by atoms with E-state index in [9.17, 15) is 9.59 Å². The molecule has 2 atom stereocenters. The summed E-state index contributed by atoms with van der Waals surface area (Å²) in [5.41, 5.74) is 0.368. The standard InChI is InChI=1S/C18H24O4/c1-4-6-10-14(3)16(13-21-5-2)18(20)22-17(19)15-11-8-7-9-12-15/h4,6-9,11-12,14,16H,5,10,13H2,1-3H3/b6-4+/t14-,16+/m1/s1. The second-order valence-electron chi connectivity index (χ2n) is 5.12. The van der Waals surface area contributed by atoms with E-state index >= 15 is 0 Å². The van der Waals surface area contributed by atoms with Gasteiger partial charge in [0, 0.05) is 6.61 Å². The zero-order valence-corrected chi connectivity index (χ0v) is 13.5. The summed E-state index contributed by atoms with van der Waals surface area (Å²) in [6.07, 6.45) is 4.67. The Bertz CT molecular complexity index is 493. The molecule has 0 heterocycles. The molecule has 0 radical (unpaired) electrons. The van der Waals surface area contributed by atoms with Crippen LogP contribution in [0, 0.1) is 11.8 Å². The molecule has 0 saturated carbocycles. The smallest absolute Gasteiger partial charge is 0.345 e. The average molecular weight is 304 g/mol. The van der Waals surface area contributed by atoms with Gasteiger partial charge in [0.25, 0.3) is 0 Å². The van der Waals surface area contributed by atoms with Gasteiger partial charge in [0.15, 0.2) is 0 Å². The number of allylic oxidation sites excluding steroid dienone is 2. The van der Waals surface area contributed by atoms with Gasteiger partial charge in [-0.1, -0.05) is 37.3 Å². The van der Waals surface area contributed by atoms with Crippen LogP contribution in [0.2, 0.25) is 0 Å². The summed E-state index contributed by atoms with van der Waals surface area (Å²) in [6, 6.07) is 8.50.